The number of aryl methyl sites for hydroxylation is 1. The summed E-state index contributed by atoms with van der Waals surface area (Å²) in [5, 5.41) is 6.72. The first-order valence-corrected chi connectivity index (χ1v) is 11.9. The fourth-order valence-corrected chi connectivity index (χ4v) is 6.30. The second-order valence-electron chi connectivity index (χ2n) is 7.34. The Labute approximate surface area is 189 Å². The molecule has 32 heavy (non-hydrogen) atoms. The van der Waals surface area contributed by atoms with Crippen molar-refractivity contribution in [3.63, 3.8) is 0 Å². The summed E-state index contributed by atoms with van der Waals surface area (Å²) in [6, 6.07) is 23.9. The maximum atomic E-state index is 6.01. The number of nitrogens with zero attached hydrogens (tertiary/aromatic N) is 5. The maximum absolute atomic E-state index is 6.01. The molecule has 154 valence electrons. The predicted octanol–water partition coefficient (Wildman–Crippen LogP) is 5.19. The summed E-state index contributed by atoms with van der Waals surface area (Å²) in [6.45, 7) is 2.04. The molecule has 0 aliphatic carbocycles. The van der Waals surface area contributed by atoms with Gasteiger partial charge in [-0.25, -0.2) is 0 Å². The Hall–Kier alpha value is -3.80. The molecule has 0 aliphatic rings. The molecule has 7 heteroatoms. The molecule has 0 bridgehead atoms. The number of hydrogen-bond donors (Lipinski definition) is 0. The van der Waals surface area contributed by atoms with E-state index in [1.165, 1.54) is 19.4 Å². The van der Waals surface area contributed by atoms with Crippen molar-refractivity contribution in [2.75, 3.05) is 0 Å². The summed E-state index contributed by atoms with van der Waals surface area (Å²) < 4.78 is 10.2. The molecule has 6 nitrogen and oxygen atoms in total. The molecule has 0 radical (unpaired) electrons. The van der Waals surface area contributed by atoms with Crippen LogP contribution in [0, 0.1) is 6.92 Å². The number of aromatic nitrogens is 5. The molecule has 0 aliphatic heterocycles. The molecule has 6 rings (SSSR count). The van der Waals surface area contributed by atoms with Crippen LogP contribution in [0.5, 0.6) is 11.8 Å². The van der Waals surface area contributed by atoms with Crippen molar-refractivity contribution in [2.45, 2.75) is 6.92 Å². The first kappa shape index (κ1) is 18.9. The fraction of sp³-hybridized carbons (Fsp3) is 0.0400. The van der Waals surface area contributed by atoms with Crippen molar-refractivity contribution >= 4 is 33.9 Å². The van der Waals surface area contributed by atoms with Crippen LogP contribution in [-0.4, -0.2) is 39.2 Å². The van der Waals surface area contributed by atoms with E-state index in [9.17, 15) is 0 Å². The zero-order valence-electron chi connectivity index (χ0n) is 17.1. The van der Waals surface area contributed by atoms with Crippen molar-refractivity contribution in [2.24, 2.45) is 0 Å². The second-order valence-corrected chi connectivity index (χ2v) is 9.43. The van der Waals surface area contributed by atoms with E-state index >= 15 is 0 Å². The molecule has 5 heterocycles. The van der Waals surface area contributed by atoms with Gasteiger partial charge in [-0.3, -0.25) is 0 Å². The van der Waals surface area contributed by atoms with Crippen molar-refractivity contribution in [1.82, 2.24) is 24.7 Å². The van der Waals surface area contributed by atoms with Crippen LogP contribution in [0.1, 0.15) is 5.69 Å². The van der Waals surface area contributed by atoms with Crippen LogP contribution in [0.3, 0.4) is 0 Å². The van der Waals surface area contributed by atoms with E-state index in [1.54, 1.807) is 10.9 Å². The van der Waals surface area contributed by atoms with Gasteiger partial charge in [0.15, 0.2) is 0 Å². The Bertz CT molecular complexity index is 1570. The Morgan fingerprint density at radius 3 is 2.50 bits per heavy atom. The molecule has 0 fully saturated rings. The van der Waals surface area contributed by atoms with Crippen molar-refractivity contribution in [3.05, 3.63) is 90.9 Å². The number of fused-ring (bicyclic) bond motifs is 3. The summed E-state index contributed by atoms with van der Waals surface area (Å²) >= 11 is 0.144. The standard InChI is InChI=1S/C25H17N5OSe/c1-16-12-13-18-17-6-2-7-19(24(17)32-25(18)27-16)20-8-3-10-22(28-20)31-23-11-4-9-21(29-23)30-15-5-14-26-30/h2-15H,1H3. The molecule has 0 saturated heterocycles. The summed E-state index contributed by atoms with van der Waals surface area (Å²) in [7, 11) is 0. The molecule has 0 amide bonds. The first-order valence-electron chi connectivity index (χ1n) is 10.2. The van der Waals surface area contributed by atoms with Crippen LogP contribution in [0.4, 0.5) is 0 Å². The molecular formula is C25H17N5OSe. The van der Waals surface area contributed by atoms with Crippen LogP contribution >= 0.6 is 0 Å². The van der Waals surface area contributed by atoms with Crippen LogP contribution in [0.15, 0.2) is 85.2 Å². The number of ether oxygens (including phenoxy) is 1. The topological polar surface area (TPSA) is 65.7 Å². The third-order valence-corrected chi connectivity index (χ3v) is 7.57. The Morgan fingerprint density at radius 1 is 0.781 bits per heavy atom. The zero-order chi connectivity index (χ0) is 21.5. The van der Waals surface area contributed by atoms with Crippen LogP contribution in [0.2, 0.25) is 0 Å². The molecule has 0 saturated carbocycles. The van der Waals surface area contributed by atoms with Crippen LogP contribution in [0.25, 0.3) is 36.5 Å². The van der Waals surface area contributed by atoms with Gasteiger partial charge < -0.3 is 0 Å². The van der Waals surface area contributed by atoms with Gasteiger partial charge in [0.05, 0.1) is 0 Å². The van der Waals surface area contributed by atoms with E-state index < -0.39 is 0 Å². The minimum atomic E-state index is 0.144. The quantitative estimate of drug-likeness (QED) is 0.324. The normalized spacial score (nSPS) is 11.3. The van der Waals surface area contributed by atoms with Gasteiger partial charge in [-0.2, -0.15) is 0 Å². The van der Waals surface area contributed by atoms with Gasteiger partial charge in [-0.1, -0.05) is 0 Å². The third kappa shape index (κ3) is 3.38. The van der Waals surface area contributed by atoms with Crippen LogP contribution < -0.4 is 4.74 Å². The summed E-state index contributed by atoms with van der Waals surface area (Å²) in [6.07, 6.45) is 3.56. The monoisotopic (exact) mass is 483 g/mol. The molecule has 5 aromatic heterocycles. The van der Waals surface area contributed by atoms with Gasteiger partial charge in [0.2, 0.25) is 0 Å². The van der Waals surface area contributed by atoms with Gasteiger partial charge in [0, 0.05) is 0 Å². The van der Waals surface area contributed by atoms with E-state index in [-0.39, 0.29) is 14.5 Å². The van der Waals surface area contributed by atoms with Gasteiger partial charge in [0.1, 0.15) is 0 Å². The molecule has 0 unspecified atom stereocenters. The molecule has 0 spiro atoms. The molecule has 0 atom stereocenters. The summed E-state index contributed by atoms with van der Waals surface area (Å²) in [5.74, 6) is 1.66. The fourth-order valence-electron chi connectivity index (χ4n) is 3.69. The van der Waals surface area contributed by atoms with Crippen LogP contribution in [-0.2, 0) is 0 Å². The van der Waals surface area contributed by atoms with E-state index in [4.69, 9.17) is 14.7 Å². The summed E-state index contributed by atoms with van der Waals surface area (Å²) in [4.78, 5) is 14.1. The first-order chi connectivity index (χ1) is 15.7. The predicted molar refractivity (Wildman–Crippen MR) is 126 cm³/mol. The van der Waals surface area contributed by atoms with Crippen molar-refractivity contribution in [3.8, 4) is 28.8 Å². The molecular weight excluding hydrogens is 465 g/mol. The average molecular weight is 482 g/mol. The minimum absolute atomic E-state index is 0.144. The Morgan fingerprint density at radius 2 is 1.62 bits per heavy atom. The SMILES string of the molecule is Cc1ccc2c(n1)[se]c1c(-c3cccc(Oc4cccc(-n5cccn5)n4)n3)cccc12. The van der Waals surface area contributed by atoms with E-state index in [2.05, 4.69) is 40.4 Å². The number of benzene rings is 1. The third-order valence-electron chi connectivity index (χ3n) is 5.16. The zero-order valence-corrected chi connectivity index (χ0v) is 18.8. The Kier molecular flexibility index (Phi) is 4.56. The Balaban J connectivity index is 1.39. The van der Waals surface area contributed by atoms with E-state index in [0.717, 1.165) is 17.0 Å². The van der Waals surface area contributed by atoms with Gasteiger partial charge in [-0.05, 0) is 0 Å². The average Bonchev–Trinajstić information content (AvgIpc) is 3.47. The second kappa shape index (κ2) is 7.71. The molecule has 0 N–H and O–H groups in total. The molecule has 6 aromatic rings. The van der Waals surface area contributed by atoms with E-state index in [0.29, 0.717) is 17.6 Å². The van der Waals surface area contributed by atoms with Crippen molar-refractivity contribution < 1.29 is 4.74 Å². The van der Waals surface area contributed by atoms with Gasteiger partial charge in [-0.15, -0.1) is 0 Å². The summed E-state index contributed by atoms with van der Waals surface area (Å²) in [5.41, 5.74) is 3.06. The number of hydrogen-bond acceptors (Lipinski definition) is 5. The van der Waals surface area contributed by atoms with Gasteiger partial charge in [0.25, 0.3) is 0 Å². The number of pyridine rings is 3. The molecule has 1 aromatic carbocycles. The van der Waals surface area contributed by atoms with Gasteiger partial charge >= 0.3 is 190 Å². The number of rotatable bonds is 4. The van der Waals surface area contributed by atoms with Crippen molar-refractivity contribution in [1.29, 1.82) is 0 Å². The van der Waals surface area contributed by atoms with E-state index in [1.807, 2.05) is 55.6 Å².